The maximum atomic E-state index is 12.0. The van der Waals surface area contributed by atoms with E-state index in [2.05, 4.69) is 10.3 Å². The van der Waals surface area contributed by atoms with E-state index in [1.165, 1.54) is 0 Å². The van der Waals surface area contributed by atoms with Gasteiger partial charge in [-0.15, -0.1) is 0 Å². The van der Waals surface area contributed by atoms with Crippen molar-refractivity contribution in [3.8, 4) is 11.5 Å². The lowest BCUT2D eigenvalue weighted by Crippen LogP contribution is -2.26. The normalized spacial score (nSPS) is 11.7. The molecule has 5 nitrogen and oxygen atoms in total. The van der Waals surface area contributed by atoms with Gasteiger partial charge in [0.05, 0.1) is 6.10 Å². The highest BCUT2D eigenvalue weighted by atomic mass is 16.5. The zero-order valence-electron chi connectivity index (χ0n) is 11.8. The van der Waals surface area contributed by atoms with Crippen molar-refractivity contribution in [2.24, 2.45) is 0 Å². The lowest BCUT2D eigenvalue weighted by Gasteiger charge is -2.09. The summed E-state index contributed by atoms with van der Waals surface area (Å²) >= 11 is 0. The van der Waals surface area contributed by atoms with E-state index in [0.717, 1.165) is 0 Å². The van der Waals surface area contributed by atoms with Crippen LogP contribution in [0.4, 0.5) is 0 Å². The smallest absolute Gasteiger partial charge is 0.251 e. The van der Waals surface area contributed by atoms with Crippen LogP contribution in [-0.4, -0.2) is 28.6 Å². The number of nitrogens with zero attached hydrogens (tertiary/aromatic N) is 1. The molecule has 0 fully saturated rings. The molecule has 0 bridgehead atoms. The summed E-state index contributed by atoms with van der Waals surface area (Å²) in [4.78, 5) is 15.9. The molecule has 1 amide bonds. The van der Waals surface area contributed by atoms with E-state index in [0.29, 0.717) is 30.0 Å². The lowest BCUT2D eigenvalue weighted by molar-refractivity contribution is 0.0945. The second kappa shape index (κ2) is 7.40. The second-order valence-electron chi connectivity index (χ2n) is 4.71. The van der Waals surface area contributed by atoms with Crippen molar-refractivity contribution in [2.45, 2.75) is 19.4 Å². The molecule has 1 atom stereocenters. The average molecular weight is 286 g/mol. The zero-order chi connectivity index (χ0) is 15.1. The second-order valence-corrected chi connectivity index (χ2v) is 4.71. The molecular weight excluding hydrogens is 268 g/mol. The number of rotatable bonds is 6. The third-order valence-electron chi connectivity index (χ3n) is 2.83. The molecule has 0 spiro atoms. The van der Waals surface area contributed by atoms with Gasteiger partial charge in [-0.3, -0.25) is 9.78 Å². The molecule has 0 saturated carbocycles. The van der Waals surface area contributed by atoms with Crippen LogP contribution in [0.15, 0.2) is 48.8 Å². The number of nitrogens with one attached hydrogen (secondary N) is 1. The zero-order valence-corrected chi connectivity index (χ0v) is 11.8. The van der Waals surface area contributed by atoms with E-state index in [4.69, 9.17) is 9.84 Å². The number of ether oxygens (including phenoxy) is 1. The van der Waals surface area contributed by atoms with Crippen molar-refractivity contribution >= 4 is 5.91 Å². The Morgan fingerprint density at radius 1 is 1.29 bits per heavy atom. The van der Waals surface area contributed by atoms with Crippen molar-refractivity contribution in [2.75, 3.05) is 6.54 Å². The third kappa shape index (κ3) is 4.89. The number of hydrogen-bond acceptors (Lipinski definition) is 4. The van der Waals surface area contributed by atoms with E-state index in [1.54, 1.807) is 55.7 Å². The standard InChI is InChI=1S/C16H18N2O3/c1-12(19)5-10-18-16(20)13-3-2-4-15(11-13)21-14-6-8-17-9-7-14/h2-4,6-9,11-12,19H,5,10H2,1H3,(H,18,20). The summed E-state index contributed by atoms with van der Waals surface area (Å²) in [5.41, 5.74) is 0.521. The van der Waals surface area contributed by atoms with Crippen LogP contribution in [0.1, 0.15) is 23.7 Å². The number of benzene rings is 1. The molecule has 1 unspecified atom stereocenters. The van der Waals surface area contributed by atoms with Gasteiger partial charge < -0.3 is 15.2 Å². The van der Waals surface area contributed by atoms with Gasteiger partial charge in [0.2, 0.25) is 0 Å². The monoisotopic (exact) mass is 286 g/mol. The van der Waals surface area contributed by atoms with Crippen LogP contribution in [0.25, 0.3) is 0 Å². The number of carbonyl (C=O) groups excluding carboxylic acids is 1. The molecular formula is C16H18N2O3. The van der Waals surface area contributed by atoms with Crippen LogP contribution in [-0.2, 0) is 0 Å². The molecule has 2 N–H and O–H groups in total. The van der Waals surface area contributed by atoms with E-state index < -0.39 is 6.10 Å². The highest BCUT2D eigenvalue weighted by Gasteiger charge is 2.07. The van der Waals surface area contributed by atoms with Gasteiger partial charge in [0.15, 0.2) is 0 Å². The Hall–Kier alpha value is -2.40. The maximum Gasteiger partial charge on any atom is 0.251 e. The van der Waals surface area contributed by atoms with Gasteiger partial charge in [-0.1, -0.05) is 6.07 Å². The summed E-state index contributed by atoms with van der Waals surface area (Å²) in [7, 11) is 0. The van der Waals surface area contributed by atoms with Crippen molar-refractivity contribution in [3.63, 3.8) is 0 Å². The first-order valence-electron chi connectivity index (χ1n) is 6.79. The summed E-state index contributed by atoms with van der Waals surface area (Å²) in [6.07, 6.45) is 3.38. The molecule has 5 heteroatoms. The SMILES string of the molecule is CC(O)CCNC(=O)c1cccc(Oc2ccncc2)c1. The molecule has 0 radical (unpaired) electrons. The first-order chi connectivity index (χ1) is 10.1. The van der Waals surface area contributed by atoms with Gasteiger partial charge in [-0.2, -0.15) is 0 Å². The minimum Gasteiger partial charge on any atom is -0.457 e. The highest BCUT2D eigenvalue weighted by molar-refractivity contribution is 5.94. The third-order valence-corrected chi connectivity index (χ3v) is 2.83. The van der Waals surface area contributed by atoms with Crippen molar-refractivity contribution in [1.29, 1.82) is 0 Å². The highest BCUT2D eigenvalue weighted by Crippen LogP contribution is 2.21. The molecule has 2 aromatic rings. The Bertz CT molecular complexity index is 585. The van der Waals surface area contributed by atoms with Crippen molar-refractivity contribution in [3.05, 3.63) is 54.4 Å². The Balaban J connectivity index is 1.98. The Morgan fingerprint density at radius 3 is 2.76 bits per heavy atom. The Labute approximate surface area is 123 Å². The first-order valence-corrected chi connectivity index (χ1v) is 6.79. The maximum absolute atomic E-state index is 12.0. The number of amides is 1. The molecule has 0 saturated heterocycles. The summed E-state index contributed by atoms with van der Waals surface area (Å²) in [5, 5.41) is 11.9. The predicted molar refractivity (Wildman–Crippen MR) is 79.4 cm³/mol. The molecule has 1 aromatic heterocycles. The van der Waals surface area contributed by atoms with E-state index >= 15 is 0 Å². The number of aliphatic hydroxyl groups is 1. The van der Waals surface area contributed by atoms with E-state index in [-0.39, 0.29) is 5.91 Å². The van der Waals surface area contributed by atoms with Crippen molar-refractivity contribution < 1.29 is 14.6 Å². The number of aromatic nitrogens is 1. The van der Waals surface area contributed by atoms with Gasteiger partial charge in [-0.05, 0) is 43.7 Å². The summed E-state index contributed by atoms with van der Waals surface area (Å²) in [6, 6.07) is 10.4. The number of carbonyl (C=O) groups is 1. The lowest BCUT2D eigenvalue weighted by atomic mass is 10.2. The molecule has 1 aromatic carbocycles. The Kier molecular flexibility index (Phi) is 5.29. The van der Waals surface area contributed by atoms with Crippen LogP contribution in [0.2, 0.25) is 0 Å². The molecule has 21 heavy (non-hydrogen) atoms. The fraction of sp³-hybridized carbons (Fsp3) is 0.250. The Morgan fingerprint density at radius 2 is 2.05 bits per heavy atom. The summed E-state index contributed by atoms with van der Waals surface area (Å²) < 4.78 is 5.65. The van der Waals surface area contributed by atoms with Crippen LogP contribution < -0.4 is 10.1 Å². The van der Waals surface area contributed by atoms with Gasteiger partial charge in [-0.25, -0.2) is 0 Å². The minimum atomic E-state index is -0.424. The van der Waals surface area contributed by atoms with Crippen molar-refractivity contribution in [1.82, 2.24) is 10.3 Å². The molecule has 0 aliphatic carbocycles. The number of hydrogen-bond donors (Lipinski definition) is 2. The molecule has 0 aliphatic rings. The van der Waals surface area contributed by atoms with Gasteiger partial charge in [0.1, 0.15) is 11.5 Å². The largest absolute Gasteiger partial charge is 0.457 e. The molecule has 0 aliphatic heterocycles. The minimum absolute atomic E-state index is 0.184. The van der Waals surface area contributed by atoms with Crippen LogP contribution >= 0.6 is 0 Å². The molecule has 1 heterocycles. The predicted octanol–water partition coefficient (Wildman–Crippen LogP) is 2.37. The van der Waals surface area contributed by atoms with Crippen LogP contribution in [0.3, 0.4) is 0 Å². The molecule has 2 rings (SSSR count). The first kappa shape index (κ1) is 15.0. The summed E-state index contributed by atoms with van der Waals surface area (Å²) in [6.45, 7) is 2.13. The van der Waals surface area contributed by atoms with Gasteiger partial charge in [0, 0.05) is 24.5 Å². The van der Waals surface area contributed by atoms with Gasteiger partial charge in [0.25, 0.3) is 5.91 Å². The van der Waals surface area contributed by atoms with Gasteiger partial charge >= 0.3 is 0 Å². The topological polar surface area (TPSA) is 71.5 Å². The van der Waals surface area contributed by atoms with Crippen LogP contribution in [0, 0.1) is 0 Å². The quantitative estimate of drug-likeness (QED) is 0.855. The van der Waals surface area contributed by atoms with Crippen LogP contribution in [0.5, 0.6) is 11.5 Å². The average Bonchev–Trinajstić information content (AvgIpc) is 2.48. The summed E-state index contributed by atoms with van der Waals surface area (Å²) in [5.74, 6) is 1.07. The number of pyridine rings is 1. The van der Waals surface area contributed by atoms with E-state index in [1.807, 2.05) is 0 Å². The fourth-order valence-corrected chi connectivity index (χ4v) is 1.74. The van der Waals surface area contributed by atoms with E-state index in [9.17, 15) is 4.79 Å². The fourth-order valence-electron chi connectivity index (χ4n) is 1.74. The number of aliphatic hydroxyl groups excluding tert-OH is 1. The molecule has 110 valence electrons.